The number of fused-ring (bicyclic) bond motifs is 1. The van der Waals surface area contributed by atoms with Crippen molar-refractivity contribution in [3.05, 3.63) is 76.3 Å². The molecule has 164 valence electrons. The number of hydrogen-bond donors (Lipinski definition) is 2. The van der Waals surface area contributed by atoms with Crippen LogP contribution in [0.15, 0.2) is 65.6 Å². The monoisotopic (exact) mass is 507 g/mol. The van der Waals surface area contributed by atoms with Crippen molar-refractivity contribution in [2.24, 2.45) is 0 Å². The Hall–Kier alpha value is -2.85. The van der Waals surface area contributed by atoms with Crippen molar-refractivity contribution < 1.29 is 17.9 Å². The van der Waals surface area contributed by atoms with Crippen LogP contribution in [0.3, 0.4) is 0 Å². The second kappa shape index (κ2) is 8.95. The molecule has 0 radical (unpaired) electrons. The summed E-state index contributed by atoms with van der Waals surface area (Å²) in [5, 5.41) is 3.80. The number of halogens is 2. The third kappa shape index (κ3) is 4.66. The van der Waals surface area contributed by atoms with Gasteiger partial charge in [0.2, 0.25) is 0 Å². The Balaban J connectivity index is 1.47. The molecule has 4 aromatic rings. The van der Waals surface area contributed by atoms with E-state index in [2.05, 4.69) is 15.0 Å². The van der Waals surface area contributed by atoms with Crippen molar-refractivity contribution in [2.45, 2.75) is 4.90 Å². The maximum absolute atomic E-state index is 12.6. The molecular formula is C21H15Cl2N3O4S2. The zero-order valence-corrected chi connectivity index (χ0v) is 19.6. The van der Waals surface area contributed by atoms with Crippen molar-refractivity contribution in [2.75, 3.05) is 17.1 Å². The Bertz CT molecular complexity index is 1400. The van der Waals surface area contributed by atoms with Gasteiger partial charge in [0.15, 0.2) is 5.13 Å². The molecule has 0 saturated carbocycles. The van der Waals surface area contributed by atoms with E-state index in [1.807, 2.05) is 0 Å². The van der Waals surface area contributed by atoms with Crippen LogP contribution in [0.2, 0.25) is 10.0 Å². The Morgan fingerprint density at radius 1 is 1.00 bits per heavy atom. The molecule has 4 rings (SSSR count). The molecule has 0 fully saturated rings. The van der Waals surface area contributed by atoms with E-state index in [-0.39, 0.29) is 4.90 Å². The van der Waals surface area contributed by atoms with Crippen LogP contribution in [0.25, 0.3) is 10.2 Å². The highest BCUT2D eigenvalue weighted by atomic mass is 35.5. The van der Waals surface area contributed by atoms with Crippen LogP contribution >= 0.6 is 34.5 Å². The van der Waals surface area contributed by atoms with Gasteiger partial charge >= 0.3 is 0 Å². The van der Waals surface area contributed by atoms with Gasteiger partial charge < -0.3 is 4.74 Å². The van der Waals surface area contributed by atoms with Gasteiger partial charge in [-0.25, -0.2) is 13.4 Å². The lowest BCUT2D eigenvalue weighted by Gasteiger charge is -2.09. The highest BCUT2D eigenvalue weighted by molar-refractivity contribution is 7.92. The molecule has 0 aliphatic carbocycles. The number of rotatable bonds is 6. The Morgan fingerprint density at radius 2 is 1.69 bits per heavy atom. The fourth-order valence-corrected chi connectivity index (χ4v) is 5.16. The van der Waals surface area contributed by atoms with E-state index in [0.717, 1.165) is 4.70 Å². The van der Waals surface area contributed by atoms with Crippen molar-refractivity contribution in [1.82, 2.24) is 4.98 Å². The fraction of sp³-hybridized carbons (Fsp3) is 0.0476. The summed E-state index contributed by atoms with van der Waals surface area (Å²) in [6.07, 6.45) is 0. The van der Waals surface area contributed by atoms with Crippen molar-refractivity contribution in [3.63, 3.8) is 0 Å². The van der Waals surface area contributed by atoms with Crippen molar-refractivity contribution >= 4 is 71.5 Å². The summed E-state index contributed by atoms with van der Waals surface area (Å²) in [4.78, 5) is 17.0. The van der Waals surface area contributed by atoms with Crippen LogP contribution in [0.5, 0.6) is 5.75 Å². The highest BCUT2D eigenvalue weighted by Gasteiger charge is 2.16. The molecule has 0 aliphatic rings. The maximum Gasteiger partial charge on any atom is 0.261 e. The molecule has 0 unspecified atom stereocenters. The lowest BCUT2D eigenvalue weighted by atomic mass is 10.2. The first-order chi connectivity index (χ1) is 15.3. The zero-order chi connectivity index (χ0) is 22.9. The van der Waals surface area contributed by atoms with Gasteiger partial charge in [0.05, 0.1) is 26.8 Å². The molecule has 32 heavy (non-hydrogen) atoms. The number of aromatic nitrogens is 1. The quantitative estimate of drug-likeness (QED) is 0.350. The van der Waals surface area contributed by atoms with E-state index in [1.165, 1.54) is 54.8 Å². The zero-order valence-electron chi connectivity index (χ0n) is 16.4. The lowest BCUT2D eigenvalue weighted by Crippen LogP contribution is -2.14. The standard InChI is InChI=1S/C21H15Cl2N3O4S2/c1-30-14-6-8-15(9-7-14)32(28,29)26-13-4-2-12(3-5-13)20(27)25-21-24-19-17(31-21)11-10-16(22)18(19)23/h2-11,26H,1H3,(H,24,25,27). The number of anilines is 2. The maximum atomic E-state index is 12.6. The second-order valence-electron chi connectivity index (χ2n) is 6.54. The van der Waals surface area contributed by atoms with E-state index in [1.54, 1.807) is 24.3 Å². The largest absolute Gasteiger partial charge is 0.497 e. The topological polar surface area (TPSA) is 97.4 Å². The van der Waals surface area contributed by atoms with Crippen LogP contribution in [0, 0.1) is 0 Å². The normalized spacial score (nSPS) is 11.3. The van der Waals surface area contributed by atoms with Gasteiger partial charge in [-0.15, -0.1) is 0 Å². The average molecular weight is 508 g/mol. The number of thiazole rings is 1. The Morgan fingerprint density at radius 3 is 2.34 bits per heavy atom. The molecule has 11 heteroatoms. The number of nitrogens with zero attached hydrogens (tertiary/aromatic N) is 1. The number of nitrogens with one attached hydrogen (secondary N) is 2. The smallest absolute Gasteiger partial charge is 0.261 e. The minimum absolute atomic E-state index is 0.0923. The molecule has 0 bridgehead atoms. The van der Waals surface area contributed by atoms with Crippen molar-refractivity contribution in [3.8, 4) is 5.75 Å². The van der Waals surface area contributed by atoms with E-state index in [9.17, 15) is 13.2 Å². The first kappa shape index (κ1) is 22.3. The SMILES string of the molecule is COc1ccc(S(=O)(=O)Nc2ccc(C(=O)Nc3nc4c(Cl)c(Cl)ccc4s3)cc2)cc1. The number of methoxy groups -OCH3 is 1. The predicted octanol–water partition coefficient (Wildman–Crippen LogP) is 5.66. The van der Waals surface area contributed by atoms with Crippen LogP contribution < -0.4 is 14.8 Å². The molecule has 2 N–H and O–H groups in total. The summed E-state index contributed by atoms with van der Waals surface area (Å²) in [6, 6.07) is 15.5. The highest BCUT2D eigenvalue weighted by Crippen LogP contribution is 2.35. The van der Waals surface area contributed by atoms with E-state index >= 15 is 0 Å². The summed E-state index contributed by atoms with van der Waals surface area (Å²) in [5.41, 5.74) is 1.17. The Kier molecular flexibility index (Phi) is 6.25. The summed E-state index contributed by atoms with van der Waals surface area (Å²) in [5.74, 6) is 0.161. The summed E-state index contributed by atoms with van der Waals surface area (Å²) in [7, 11) is -2.28. The second-order valence-corrected chi connectivity index (χ2v) is 10.0. The molecule has 1 amide bonds. The van der Waals surface area contributed by atoms with Crippen LogP contribution in [-0.2, 0) is 10.0 Å². The minimum atomic E-state index is -3.78. The van der Waals surface area contributed by atoms with Gasteiger partial charge in [-0.2, -0.15) is 0 Å². The summed E-state index contributed by atoms with van der Waals surface area (Å²) < 4.78 is 33.4. The number of hydrogen-bond acceptors (Lipinski definition) is 6. The van der Waals surface area contributed by atoms with Gasteiger partial charge in [-0.3, -0.25) is 14.8 Å². The minimum Gasteiger partial charge on any atom is -0.497 e. The summed E-state index contributed by atoms with van der Waals surface area (Å²) in [6.45, 7) is 0. The fourth-order valence-electron chi connectivity index (χ4n) is 2.82. The molecule has 0 atom stereocenters. The predicted molar refractivity (Wildman–Crippen MR) is 128 cm³/mol. The van der Waals surface area contributed by atoms with Crippen LogP contribution in [0.4, 0.5) is 10.8 Å². The first-order valence-electron chi connectivity index (χ1n) is 9.09. The molecule has 0 spiro atoms. The van der Waals surface area contributed by atoms with Gasteiger partial charge in [0, 0.05) is 11.3 Å². The first-order valence-corrected chi connectivity index (χ1v) is 12.2. The molecule has 3 aromatic carbocycles. The third-order valence-corrected chi connectivity index (χ3v) is 7.57. The van der Waals surface area contributed by atoms with Crippen molar-refractivity contribution in [1.29, 1.82) is 0 Å². The molecule has 0 saturated heterocycles. The Labute approximate surface area is 198 Å². The van der Waals surface area contributed by atoms with E-state index < -0.39 is 15.9 Å². The number of sulfonamides is 1. The van der Waals surface area contributed by atoms with Gasteiger partial charge in [-0.1, -0.05) is 34.5 Å². The van der Waals surface area contributed by atoms with Gasteiger partial charge in [0.25, 0.3) is 15.9 Å². The molecular weight excluding hydrogens is 493 g/mol. The third-order valence-electron chi connectivity index (χ3n) is 4.44. The number of benzene rings is 3. The number of amides is 1. The lowest BCUT2D eigenvalue weighted by molar-refractivity contribution is 0.102. The van der Waals surface area contributed by atoms with Gasteiger partial charge in [0.1, 0.15) is 11.3 Å². The molecule has 0 aliphatic heterocycles. The van der Waals surface area contributed by atoms with E-state index in [0.29, 0.717) is 37.7 Å². The number of carbonyl (C=O) groups excluding carboxylic acids is 1. The average Bonchev–Trinajstić information content (AvgIpc) is 3.20. The molecule has 1 heterocycles. The van der Waals surface area contributed by atoms with Crippen LogP contribution in [-0.4, -0.2) is 26.4 Å². The molecule has 1 aromatic heterocycles. The van der Waals surface area contributed by atoms with Crippen LogP contribution in [0.1, 0.15) is 10.4 Å². The molecule has 7 nitrogen and oxygen atoms in total. The number of carbonyl (C=O) groups is 1. The number of ether oxygens (including phenoxy) is 1. The van der Waals surface area contributed by atoms with E-state index in [4.69, 9.17) is 27.9 Å². The van der Waals surface area contributed by atoms with Gasteiger partial charge in [-0.05, 0) is 60.7 Å². The summed E-state index contributed by atoms with van der Waals surface area (Å²) >= 11 is 13.4.